The molecule has 2 saturated heterocycles. The van der Waals surface area contributed by atoms with Crippen LogP contribution < -0.4 is 5.32 Å². The molecule has 8 heteroatoms. The van der Waals surface area contributed by atoms with E-state index in [1.54, 1.807) is 10.4 Å². The highest BCUT2D eigenvalue weighted by molar-refractivity contribution is 7.89. The molecule has 1 amide bonds. The third-order valence-electron chi connectivity index (χ3n) is 6.98. The molecule has 0 radical (unpaired) electrons. The number of rotatable bonds is 7. The molecule has 2 fully saturated rings. The monoisotopic (exact) mass is 463 g/mol. The molecule has 1 N–H and O–H groups in total. The Labute approximate surface area is 192 Å². The van der Waals surface area contributed by atoms with Crippen LogP contribution in [0.25, 0.3) is 0 Å². The van der Waals surface area contributed by atoms with Crippen LogP contribution in [0.1, 0.15) is 50.7 Å². The van der Waals surface area contributed by atoms with Gasteiger partial charge < -0.3 is 10.1 Å². The molecule has 32 heavy (non-hydrogen) atoms. The van der Waals surface area contributed by atoms with Crippen LogP contribution in [0, 0.1) is 5.92 Å². The van der Waals surface area contributed by atoms with Crippen molar-refractivity contribution in [2.24, 2.45) is 5.92 Å². The van der Waals surface area contributed by atoms with E-state index in [0.29, 0.717) is 37.4 Å². The van der Waals surface area contributed by atoms with Gasteiger partial charge in [0.25, 0.3) is 0 Å². The van der Waals surface area contributed by atoms with Crippen LogP contribution in [-0.4, -0.2) is 75.0 Å². The fourth-order valence-corrected chi connectivity index (χ4v) is 6.86. The summed E-state index contributed by atoms with van der Waals surface area (Å²) in [5.74, 6) is -0.0480. The van der Waals surface area contributed by atoms with E-state index in [0.717, 1.165) is 45.3 Å². The Balaban J connectivity index is 1.21. The maximum absolute atomic E-state index is 13.1. The molecular weight excluding hydrogens is 426 g/mol. The zero-order chi connectivity index (χ0) is 22.7. The highest BCUT2D eigenvalue weighted by atomic mass is 32.2. The number of benzene rings is 1. The summed E-state index contributed by atoms with van der Waals surface area (Å²) >= 11 is 0. The van der Waals surface area contributed by atoms with E-state index in [4.69, 9.17) is 4.74 Å². The number of carbonyl (C=O) groups is 1. The minimum Gasteiger partial charge on any atom is -0.373 e. The molecule has 178 valence electrons. The standard InChI is InChI=1S/C24H37N3O4S/c1-18-16-26(17-19(2)31-18)12-4-11-25-24(28)21-9-13-27(14-10-21)32(29,30)23-8-7-20-5-3-6-22(20)15-23/h7-8,15,18-19,21H,3-6,9-14,16-17H2,1-2H3,(H,25,28)/t18-,19-/m0/s1. The summed E-state index contributed by atoms with van der Waals surface area (Å²) in [6.07, 6.45) is 5.69. The molecular formula is C24H37N3O4S. The van der Waals surface area contributed by atoms with E-state index in [1.807, 2.05) is 12.1 Å². The number of hydrogen-bond donors (Lipinski definition) is 1. The highest BCUT2D eigenvalue weighted by Crippen LogP contribution is 2.28. The van der Waals surface area contributed by atoms with Gasteiger partial charge in [-0.2, -0.15) is 4.31 Å². The van der Waals surface area contributed by atoms with Crippen LogP contribution in [-0.2, 0) is 32.4 Å². The maximum Gasteiger partial charge on any atom is 0.243 e. The lowest BCUT2D eigenvalue weighted by molar-refractivity contribution is -0.126. The predicted molar refractivity (Wildman–Crippen MR) is 124 cm³/mol. The summed E-state index contributed by atoms with van der Waals surface area (Å²) in [7, 11) is -3.49. The number of amides is 1. The lowest BCUT2D eigenvalue weighted by Crippen LogP contribution is -2.46. The van der Waals surface area contributed by atoms with Gasteiger partial charge in [-0.25, -0.2) is 8.42 Å². The molecule has 1 aromatic rings. The summed E-state index contributed by atoms with van der Waals surface area (Å²) in [6.45, 7) is 8.50. The number of carbonyl (C=O) groups excluding carboxylic acids is 1. The summed E-state index contributed by atoms with van der Waals surface area (Å²) in [6, 6.07) is 5.56. The Hall–Kier alpha value is -1.48. The van der Waals surface area contributed by atoms with Gasteiger partial charge in [0.1, 0.15) is 0 Å². The molecule has 7 nitrogen and oxygen atoms in total. The average Bonchev–Trinajstić information content (AvgIpc) is 3.24. The van der Waals surface area contributed by atoms with Crippen LogP contribution in [0.3, 0.4) is 0 Å². The maximum atomic E-state index is 13.1. The number of aryl methyl sites for hydroxylation is 2. The summed E-state index contributed by atoms with van der Waals surface area (Å²) in [5, 5.41) is 3.06. The summed E-state index contributed by atoms with van der Waals surface area (Å²) in [4.78, 5) is 15.4. The first-order valence-corrected chi connectivity index (χ1v) is 13.5. The Morgan fingerprint density at radius 2 is 1.78 bits per heavy atom. The molecule has 1 aromatic carbocycles. The zero-order valence-corrected chi connectivity index (χ0v) is 20.2. The van der Waals surface area contributed by atoms with Crippen molar-refractivity contribution in [3.63, 3.8) is 0 Å². The number of sulfonamides is 1. The largest absolute Gasteiger partial charge is 0.373 e. The van der Waals surface area contributed by atoms with E-state index in [2.05, 4.69) is 24.1 Å². The van der Waals surface area contributed by atoms with E-state index < -0.39 is 10.0 Å². The molecule has 4 rings (SSSR count). The van der Waals surface area contributed by atoms with Gasteiger partial charge in [0.15, 0.2) is 0 Å². The molecule has 2 heterocycles. The molecule has 0 aromatic heterocycles. The minimum absolute atomic E-state index is 0.0586. The van der Waals surface area contributed by atoms with E-state index in [1.165, 1.54) is 11.1 Å². The van der Waals surface area contributed by atoms with Crippen LogP contribution in [0.15, 0.2) is 23.1 Å². The van der Waals surface area contributed by atoms with Gasteiger partial charge in [-0.15, -0.1) is 0 Å². The van der Waals surface area contributed by atoms with Gasteiger partial charge in [0.05, 0.1) is 17.1 Å². The Bertz CT molecular complexity index is 902. The van der Waals surface area contributed by atoms with Crippen LogP contribution in [0.4, 0.5) is 0 Å². The van der Waals surface area contributed by atoms with Gasteiger partial charge in [-0.1, -0.05) is 6.07 Å². The van der Waals surface area contributed by atoms with Crippen LogP contribution >= 0.6 is 0 Å². The number of piperidine rings is 1. The van der Waals surface area contributed by atoms with Crippen molar-refractivity contribution in [1.29, 1.82) is 0 Å². The third-order valence-corrected chi connectivity index (χ3v) is 8.87. The van der Waals surface area contributed by atoms with Crippen molar-refractivity contribution in [2.45, 2.75) is 69.5 Å². The normalized spacial score (nSPS) is 25.6. The molecule has 2 aliphatic heterocycles. The predicted octanol–water partition coefficient (Wildman–Crippen LogP) is 2.19. The smallest absolute Gasteiger partial charge is 0.243 e. The second kappa shape index (κ2) is 10.2. The third kappa shape index (κ3) is 5.53. The first kappa shape index (κ1) is 23.7. The summed E-state index contributed by atoms with van der Waals surface area (Å²) in [5.41, 5.74) is 2.44. The van der Waals surface area contributed by atoms with E-state index >= 15 is 0 Å². The number of nitrogens with zero attached hydrogens (tertiary/aromatic N) is 2. The molecule has 2 atom stereocenters. The van der Waals surface area contributed by atoms with Gasteiger partial charge in [0.2, 0.25) is 15.9 Å². The van der Waals surface area contributed by atoms with Gasteiger partial charge >= 0.3 is 0 Å². The number of nitrogens with one attached hydrogen (secondary N) is 1. The Morgan fingerprint density at radius 3 is 2.50 bits per heavy atom. The van der Waals surface area contributed by atoms with Crippen molar-refractivity contribution in [2.75, 3.05) is 39.3 Å². The average molecular weight is 464 g/mol. The van der Waals surface area contributed by atoms with E-state index in [9.17, 15) is 13.2 Å². The SMILES string of the molecule is C[C@H]1CN(CCCNC(=O)C2CCN(S(=O)(=O)c3ccc4c(c3)CCC4)CC2)C[C@H](C)O1. The molecule has 0 unspecified atom stereocenters. The van der Waals surface area contributed by atoms with Gasteiger partial charge in [-0.05, 0) is 75.6 Å². The Morgan fingerprint density at radius 1 is 1.09 bits per heavy atom. The van der Waals surface area contributed by atoms with Crippen LogP contribution in [0.2, 0.25) is 0 Å². The number of hydrogen-bond acceptors (Lipinski definition) is 5. The first-order chi connectivity index (χ1) is 15.3. The highest BCUT2D eigenvalue weighted by Gasteiger charge is 2.32. The van der Waals surface area contributed by atoms with Crippen molar-refractivity contribution < 1.29 is 17.9 Å². The van der Waals surface area contributed by atoms with Crippen LogP contribution in [0.5, 0.6) is 0 Å². The van der Waals surface area contributed by atoms with Crippen molar-refractivity contribution in [1.82, 2.24) is 14.5 Å². The fourth-order valence-electron chi connectivity index (χ4n) is 5.34. The second-order valence-electron chi connectivity index (χ2n) is 9.62. The molecule has 0 spiro atoms. The number of fused-ring (bicyclic) bond motifs is 1. The van der Waals surface area contributed by atoms with Crippen molar-refractivity contribution in [3.8, 4) is 0 Å². The topological polar surface area (TPSA) is 79.0 Å². The van der Waals surface area contributed by atoms with Crippen molar-refractivity contribution >= 4 is 15.9 Å². The zero-order valence-electron chi connectivity index (χ0n) is 19.4. The number of morpholine rings is 1. The molecule has 0 saturated carbocycles. The van der Waals surface area contributed by atoms with Gasteiger partial charge in [0, 0.05) is 45.2 Å². The molecule has 0 bridgehead atoms. The van der Waals surface area contributed by atoms with Gasteiger partial charge in [-0.3, -0.25) is 9.69 Å². The quantitative estimate of drug-likeness (QED) is 0.627. The Kier molecular flexibility index (Phi) is 7.54. The van der Waals surface area contributed by atoms with E-state index in [-0.39, 0.29) is 24.0 Å². The lowest BCUT2D eigenvalue weighted by Gasteiger charge is -2.35. The minimum atomic E-state index is -3.49. The summed E-state index contributed by atoms with van der Waals surface area (Å²) < 4.78 is 33.5. The number of ether oxygens (including phenoxy) is 1. The van der Waals surface area contributed by atoms with Crippen molar-refractivity contribution in [3.05, 3.63) is 29.3 Å². The second-order valence-corrected chi connectivity index (χ2v) is 11.6. The molecule has 3 aliphatic rings. The molecule has 1 aliphatic carbocycles. The lowest BCUT2D eigenvalue weighted by atomic mass is 9.97. The fraction of sp³-hybridized carbons (Fsp3) is 0.708. The first-order valence-electron chi connectivity index (χ1n) is 12.1.